The van der Waals surface area contributed by atoms with E-state index in [9.17, 15) is 9.00 Å². The second kappa shape index (κ2) is 7.60. The lowest BCUT2D eigenvalue weighted by atomic mass is 10.4. The van der Waals surface area contributed by atoms with Crippen molar-refractivity contribution in [2.24, 2.45) is 7.05 Å². The van der Waals surface area contributed by atoms with Crippen molar-refractivity contribution in [2.75, 3.05) is 31.1 Å². The molecule has 0 aromatic carbocycles. The van der Waals surface area contributed by atoms with Crippen LogP contribution >= 0.6 is 0 Å². The average Bonchev–Trinajstić information content (AvgIpc) is 3.01. The molecule has 0 radical (unpaired) electrons. The highest BCUT2D eigenvalue weighted by Crippen LogP contribution is 2.21. The maximum atomic E-state index is 13.0. The number of fused-ring (bicyclic) bond motifs is 1. The minimum Gasteiger partial charge on any atom is -0.340 e. The van der Waals surface area contributed by atoms with Gasteiger partial charge in [-0.15, -0.1) is 5.92 Å². The molecule has 0 aliphatic carbocycles. The third kappa shape index (κ3) is 3.27. The summed E-state index contributed by atoms with van der Waals surface area (Å²) in [6.07, 6.45) is 0. The number of nitrogens with zero attached hydrogens (tertiary/aromatic N) is 5. The Kier molecular flexibility index (Phi) is 5.44. The Morgan fingerprint density at radius 2 is 1.96 bits per heavy atom. The number of rotatable bonds is 4. The molecule has 3 heterocycles. The van der Waals surface area contributed by atoms with E-state index in [4.69, 9.17) is 0 Å². The molecular formula is C17H24N6O2S. The molecule has 1 fully saturated rings. The standard InChI is InChI=1S/C17H24N6O2S/c1-5-6-9-23-13-14(19-16(23)22-10-7-18-8-11-22)20-17(21(4)15(13)24)26(25)12(2)3/h12,18H,7-11H2,1-4H3. The predicted molar refractivity (Wildman–Crippen MR) is 103 cm³/mol. The highest BCUT2D eigenvalue weighted by molar-refractivity contribution is 7.85. The lowest BCUT2D eigenvalue weighted by Gasteiger charge is -2.28. The molecule has 9 heteroatoms. The summed E-state index contributed by atoms with van der Waals surface area (Å²) in [6, 6.07) is 0. The van der Waals surface area contributed by atoms with E-state index in [2.05, 4.69) is 32.0 Å². The summed E-state index contributed by atoms with van der Waals surface area (Å²) >= 11 is 0. The summed E-state index contributed by atoms with van der Waals surface area (Å²) in [5, 5.41) is 3.44. The zero-order valence-corrected chi connectivity index (χ0v) is 16.4. The van der Waals surface area contributed by atoms with E-state index >= 15 is 0 Å². The minimum atomic E-state index is -1.37. The van der Waals surface area contributed by atoms with Gasteiger partial charge in [0.2, 0.25) is 11.1 Å². The summed E-state index contributed by atoms with van der Waals surface area (Å²) in [7, 11) is 0.239. The number of hydrogen-bond acceptors (Lipinski definition) is 6. The number of hydrogen-bond donors (Lipinski definition) is 1. The van der Waals surface area contributed by atoms with E-state index in [-0.39, 0.29) is 16.0 Å². The van der Waals surface area contributed by atoms with Crippen LogP contribution in [-0.2, 0) is 24.4 Å². The Hall–Kier alpha value is -2.18. The molecule has 2 aromatic heterocycles. The first-order valence-corrected chi connectivity index (χ1v) is 9.90. The van der Waals surface area contributed by atoms with Crippen molar-refractivity contribution >= 4 is 27.9 Å². The number of imidazole rings is 1. The molecular weight excluding hydrogens is 352 g/mol. The van der Waals surface area contributed by atoms with Crippen LogP contribution in [0.15, 0.2) is 9.95 Å². The monoisotopic (exact) mass is 376 g/mol. The highest BCUT2D eigenvalue weighted by Gasteiger charge is 2.24. The summed E-state index contributed by atoms with van der Waals surface area (Å²) in [4.78, 5) is 24.2. The Morgan fingerprint density at radius 3 is 2.58 bits per heavy atom. The van der Waals surface area contributed by atoms with Crippen LogP contribution in [0.25, 0.3) is 11.2 Å². The van der Waals surface area contributed by atoms with Crippen molar-refractivity contribution in [2.45, 2.75) is 37.7 Å². The third-order valence-electron chi connectivity index (χ3n) is 4.35. The molecule has 140 valence electrons. The van der Waals surface area contributed by atoms with Crippen LogP contribution < -0.4 is 15.8 Å². The minimum absolute atomic E-state index is 0.133. The first-order chi connectivity index (χ1) is 12.5. The van der Waals surface area contributed by atoms with Crippen molar-refractivity contribution in [3.63, 3.8) is 0 Å². The molecule has 1 aliphatic heterocycles. The van der Waals surface area contributed by atoms with Gasteiger partial charge < -0.3 is 10.2 Å². The zero-order chi connectivity index (χ0) is 18.8. The van der Waals surface area contributed by atoms with E-state index in [1.165, 1.54) is 4.57 Å². The maximum absolute atomic E-state index is 13.0. The maximum Gasteiger partial charge on any atom is 0.280 e. The molecule has 1 aliphatic rings. The van der Waals surface area contributed by atoms with Crippen LogP contribution in [0.4, 0.5) is 5.95 Å². The van der Waals surface area contributed by atoms with Gasteiger partial charge in [-0.1, -0.05) is 19.8 Å². The van der Waals surface area contributed by atoms with Gasteiger partial charge >= 0.3 is 0 Å². The Bertz CT molecular complexity index is 960. The SMILES string of the molecule is CC#CCn1c(N2CCNCC2)nc2nc(S(=O)C(C)C)n(C)c(=O)c21. The van der Waals surface area contributed by atoms with E-state index in [0.717, 1.165) is 26.2 Å². The summed E-state index contributed by atoms with van der Waals surface area (Å²) < 4.78 is 15.7. The predicted octanol–water partition coefficient (Wildman–Crippen LogP) is 0.0789. The topological polar surface area (TPSA) is 85.1 Å². The Balaban J connectivity index is 2.24. The van der Waals surface area contributed by atoms with Crippen molar-refractivity contribution in [3.8, 4) is 11.8 Å². The number of nitrogens with one attached hydrogen (secondary N) is 1. The smallest absolute Gasteiger partial charge is 0.280 e. The first kappa shape index (κ1) is 18.6. The normalized spacial score (nSPS) is 16.0. The molecule has 0 spiro atoms. The van der Waals surface area contributed by atoms with Gasteiger partial charge in [-0.3, -0.25) is 18.1 Å². The van der Waals surface area contributed by atoms with Gasteiger partial charge in [-0.2, -0.15) is 9.97 Å². The summed E-state index contributed by atoms with van der Waals surface area (Å²) in [5.41, 5.74) is 0.502. The molecule has 1 saturated heterocycles. The van der Waals surface area contributed by atoms with Gasteiger partial charge in [0.15, 0.2) is 11.2 Å². The van der Waals surface area contributed by atoms with Gasteiger partial charge in [0.05, 0.1) is 17.3 Å². The molecule has 1 atom stereocenters. The van der Waals surface area contributed by atoms with E-state index in [1.54, 1.807) is 14.0 Å². The van der Waals surface area contributed by atoms with E-state index in [1.807, 2.05) is 18.4 Å². The average molecular weight is 376 g/mol. The lowest BCUT2D eigenvalue weighted by Crippen LogP contribution is -2.44. The van der Waals surface area contributed by atoms with Crippen LogP contribution in [0.1, 0.15) is 20.8 Å². The third-order valence-corrected chi connectivity index (χ3v) is 5.93. The fraction of sp³-hybridized carbons (Fsp3) is 0.588. The largest absolute Gasteiger partial charge is 0.340 e. The molecule has 0 saturated carbocycles. The highest BCUT2D eigenvalue weighted by atomic mass is 32.2. The Labute approximate surface area is 155 Å². The van der Waals surface area contributed by atoms with Gasteiger partial charge in [-0.25, -0.2) is 0 Å². The fourth-order valence-corrected chi connectivity index (χ4v) is 3.88. The van der Waals surface area contributed by atoms with Gasteiger partial charge in [-0.05, 0) is 6.92 Å². The van der Waals surface area contributed by atoms with Crippen molar-refractivity contribution in [1.82, 2.24) is 24.4 Å². The fourth-order valence-electron chi connectivity index (χ4n) is 2.93. The van der Waals surface area contributed by atoms with Gasteiger partial charge in [0.25, 0.3) is 5.56 Å². The lowest BCUT2D eigenvalue weighted by molar-refractivity contribution is 0.572. The van der Waals surface area contributed by atoms with Crippen LogP contribution in [0.2, 0.25) is 0 Å². The van der Waals surface area contributed by atoms with Crippen molar-refractivity contribution in [3.05, 3.63) is 10.4 Å². The first-order valence-electron chi connectivity index (χ1n) is 8.68. The van der Waals surface area contributed by atoms with E-state index in [0.29, 0.717) is 23.7 Å². The quantitative estimate of drug-likeness (QED) is 0.601. The van der Waals surface area contributed by atoms with Crippen LogP contribution in [-0.4, -0.2) is 54.7 Å². The van der Waals surface area contributed by atoms with Gasteiger partial charge in [0, 0.05) is 38.5 Å². The molecule has 2 aromatic rings. The molecule has 0 bridgehead atoms. The number of aromatic nitrogens is 4. The molecule has 1 N–H and O–H groups in total. The van der Waals surface area contributed by atoms with E-state index < -0.39 is 10.8 Å². The van der Waals surface area contributed by atoms with Crippen LogP contribution in [0.5, 0.6) is 0 Å². The summed E-state index contributed by atoms with van der Waals surface area (Å²) in [6.45, 7) is 9.14. The van der Waals surface area contributed by atoms with Crippen LogP contribution in [0, 0.1) is 11.8 Å². The molecule has 3 rings (SSSR count). The number of anilines is 1. The Morgan fingerprint density at radius 1 is 1.27 bits per heavy atom. The molecule has 26 heavy (non-hydrogen) atoms. The van der Waals surface area contributed by atoms with Crippen molar-refractivity contribution in [1.29, 1.82) is 0 Å². The van der Waals surface area contributed by atoms with Crippen molar-refractivity contribution < 1.29 is 4.21 Å². The second-order valence-electron chi connectivity index (χ2n) is 6.44. The molecule has 0 amide bonds. The molecule has 1 unspecified atom stereocenters. The van der Waals surface area contributed by atoms with Gasteiger partial charge in [0.1, 0.15) is 0 Å². The zero-order valence-electron chi connectivity index (χ0n) is 15.6. The summed E-state index contributed by atoms with van der Waals surface area (Å²) in [5.74, 6) is 6.59. The second-order valence-corrected chi connectivity index (χ2v) is 8.34. The molecule has 8 nitrogen and oxygen atoms in total. The number of piperazine rings is 1. The van der Waals surface area contributed by atoms with Crippen LogP contribution in [0.3, 0.4) is 0 Å².